The molecule has 1 aliphatic heterocycles. The fraction of sp³-hybridized carbons (Fsp3) is 0.120. The third kappa shape index (κ3) is 3.88. The monoisotopic (exact) mass is 456 g/mol. The Hall–Kier alpha value is -4.53. The molecular formula is C25H21FN6O2. The molecule has 8 nitrogen and oxygen atoms in total. The van der Waals surface area contributed by atoms with Crippen LogP contribution in [0.5, 0.6) is 5.75 Å². The van der Waals surface area contributed by atoms with Gasteiger partial charge < -0.3 is 15.4 Å². The predicted molar refractivity (Wildman–Crippen MR) is 126 cm³/mol. The summed E-state index contributed by atoms with van der Waals surface area (Å²) in [6, 6.07) is 16.3. The lowest BCUT2D eigenvalue weighted by Gasteiger charge is -2.28. The number of hydrogen-bond donors (Lipinski definition) is 2. The van der Waals surface area contributed by atoms with E-state index in [0.29, 0.717) is 40.0 Å². The van der Waals surface area contributed by atoms with Crippen LogP contribution in [0.25, 0.3) is 11.4 Å². The van der Waals surface area contributed by atoms with Gasteiger partial charge in [-0.25, -0.2) is 9.07 Å². The summed E-state index contributed by atoms with van der Waals surface area (Å²) >= 11 is 0. The number of nitrogens with one attached hydrogen (secondary N) is 2. The first-order chi connectivity index (χ1) is 16.5. The topological polar surface area (TPSA) is 94.0 Å². The van der Waals surface area contributed by atoms with Crippen LogP contribution in [0.1, 0.15) is 18.5 Å². The first-order valence-corrected chi connectivity index (χ1v) is 10.6. The number of amides is 1. The number of allylic oxidation sites excluding steroid dienone is 1. The Balaban J connectivity index is 1.62. The minimum Gasteiger partial charge on any atom is -0.497 e. The van der Waals surface area contributed by atoms with Gasteiger partial charge in [0.25, 0.3) is 5.91 Å². The minimum absolute atomic E-state index is 0.308. The Morgan fingerprint density at radius 1 is 1.15 bits per heavy atom. The molecule has 0 spiro atoms. The number of rotatable bonds is 5. The van der Waals surface area contributed by atoms with Crippen LogP contribution in [0, 0.1) is 5.82 Å². The van der Waals surface area contributed by atoms with E-state index < -0.39 is 17.8 Å². The van der Waals surface area contributed by atoms with E-state index in [1.165, 1.54) is 6.07 Å². The highest BCUT2D eigenvalue weighted by Gasteiger charge is 2.36. The minimum atomic E-state index is -0.832. The lowest BCUT2D eigenvalue weighted by atomic mass is 9.94. The Morgan fingerprint density at radius 2 is 2.00 bits per heavy atom. The number of halogens is 1. The van der Waals surface area contributed by atoms with Gasteiger partial charge >= 0.3 is 0 Å². The van der Waals surface area contributed by atoms with E-state index in [9.17, 15) is 4.79 Å². The second-order valence-corrected chi connectivity index (χ2v) is 7.72. The first-order valence-electron chi connectivity index (χ1n) is 10.6. The van der Waals surface area contributed by atoms with E-state index in [-0.39, 0.29) is 0 Å². The summed E-state index contributed by atoms with van der Waals surface area (Å²) in [5.41, 5.74) is 2.44. The molecule has 1 amide bonds. The smallest absolute Gasteiger partial charge is 0.255 e. The summed E-state index contributed by atoms with van der Waals surface area (Å²) in [6.45, 7) is 1.76. The van der Waals surface area contributed by atoms with Gasteiger partial charge in [0, 0.05) is 23.0 Å². The van der Waals surface area contributed by atoms with Gasteiger partial charge in [0.2, 0.25) is 5.95 Å². The Morgan fingerprint density at radius 3 is 2.76 bits per heavy atom. The van der Waals surface area contributed by atoms with Crippen LogP contribution < -0.4 is 15.4 Å². The molecular weight excluding hydrogens is 435 g/mol. The summed E-state index contributed by atoms with van der Waals surface area (Å²) in [4.78, 5) is 22.1. The molecule has 2 N–H and O–H groups in total. The lowest BCUT2D eigenvalue weighted by Crippen LogP contribution is -2.32. The quantitative estimate of drug-likeness (QED) is 0.462. The SMILES string of the molecule is COc1cccc(-c2nc3n(n2)[C@@H](c2ccccc2F)C(C(=O)Nc2cccnc2)=C(C)N3)c1. The van der Waals surface area contributed by atoms with E-state index in [1.54, 1.807) is 61.4 Å². The van der Waals surface area contributed by atoms with Crippen LogP contribution in [0.15, 0.2) is 84.3 Å². The van der Waals surface area contributed by atoms with Crippen molar-refractivity contribution in [3.63, 3.8) is 0 Å². The molecule has 0 aliphatic carbocycles. The van der Waals surface area contributed by atoms with Gasteiger partial charge in [-0.1, -0.05) is 30.3 Å². The van der Waals surface area contributed by atoms with Gasteiger partial charge in [0.1, 0.15) is 17.6 Å². The summed E-state index contributed by atoms with van der Waals surface area (Å²) in [6.07, 6.45) is 3.16. The van der Waals surface area contributed by atoms with Crippen molar-refractivity contribution in [1.82, 2.24) is 19.7 Å². The van der Waals surface area contributed by atoms with Crippen LogP contribution >= 0.6 is 0 Å². The van der Waals surface area contributed by atoms with Crippen LogP contribution in [0.2, 0.25) is 0 Å². The summed E-state index contributed by atoms with van der Waals surface area (Å²) < 4.78 is 21.9. The molecule has 9 heteroatoms. The standard InChI is InChI=1S/C25H21FN6O2/c1-15-21(24(33)29-17-8-6-12-27-14-17)22(19-10-3-4-11-20(19)26)32-25(28-15)30-23(31-32)16-7-5-9-18(13-16)34-2/h3-14,22H,1-2H3,(H,29,33)(H,28,30,31)/t22-/m0/s1. The highest BCUT2D eigenvalue weighted by molar-refractivity contribution is 6.05. The molecule has 0 bridgehead atoms. The number of carbonyl (C=O) groups is 1. The number of carbonyl (C=O) groups excluding carboxylic acids is 1. The van der Waals surface area contributed by atoms with E-state index in [4.69, 9.17) is 4.74 Å². The summed E-state index contributed by atoms with van der Waals surface area (Å²) in [5.74, 6) is 0.647. The van der Waals surface area contributed by atoms with Gasteiger partial charge in [0.05, 0.1) is 24.6 Å². The first kappa shape index (κ1) is 21.3. The molecule has 0 fully saturated rings. The van der Waals surface area contributed by atoms with E-state index in [1.807, 2.05) is 24.3 Å². The largest absolute Gasteiger partial charge is 0.497 e. The third-order valence-corrected chi connectivity index (χ3v) is 5.54. The molecule has 0 saturated carbocycles. The Labute approximate surface area is 195 Å². The lowest BCUT2D eigenvalue weighted by molar-refractivity contribution is -0.113. The van der Waals surface area contributed by atoms with Gasteiger partial charge in [-0.05, 0) is 37.3 Å². The van der Waals surface area contributed by atoms with Crippen LogP contribution in [-0.2, 0) is 4.79 Å². The maximum atomic E-state index is 15.0. The maximum Gasteiger partial charge on any atom is 0.255 e. The molecule has 5 rings (SSSR count). The van der Waals surface area contributed by atoms with Crippen molar-refractivity contribution in [2.75, 3.05) is 17.7 Å². The number of nitrogens with zero attached hydrogens (tertiary/aromatic N) is 4. The zero-order valence-electron chi connectivity index (χ0n) is 18.5. The highest BCUT2D eigenvalue weighted by Crippen LogP contribution is 2.38. The van der Waals surface area contributed by atoms with Crippen molar-refractivity contribution in [2.45, 2.75) is 13.0 Å². The molecule has 0 unspecified atom stereocenters. The number of ether oxygens (including phenoxy) is 1. The van der Waals surface area contributed by atoms with Gasteiger partial charge in [-0.15, -0.1) is 5.10 Å². The van der Waals surface area contributed by atoms with E-state index >= 15 is 4.39 Å². The van der Waals surface area contributed by atoms with Gasteiger partial charge in [-0.2, -0.15) is 4.98 Å². The number of pyridine rings is 1. The normalized spacial score (nSPS) is 14.9. The third-order valence-electron chi connectivity index (χ3n) is 5.54. The molecule has 3 heterocycles. The number of benzene rings is 2. The van der Waals surface area contributed by atoms with Crippen molar-refractivity contribution < 1.29 is 13.9 Å². The fourth-order valence-corrected chi connectivity index (χ4v) is 3.95. The van der Waals surface area contributed by atoms with Crippen LogP contribution in [0.4, 0.5) is 16.0 Å². The van der Waals surface area contributed by atoms with Crippen molar-refractivity contribution in [3.8, 4) is 17.1 Å². The molecule has 2 aromatic carbocycles. The fourth-order valence-electron chi connectivity index (χ4n) is 3.95. The molecule has 2 aromatic heterocycles. The summed E-state index contributed by atoms with van der Waals surface area (Å²) in [7, 11) is 1.58. The zero-order chi connectivity index (χ0) is 23.7. The number of anilines is 2. The molecule has 4 aromatic rings. The Kier molecular flexibility index (Phi) is 5.51. The highest BCUT2D eigenvalue weighted by atomic mass is 19.1. The van der Waals surface area contributed by atoms with Crippen molar-refractivity contribution in [1.29, 1.82) is 0 Å². The van der Waals surface area contributed by atoms with Crippen LogP contribution in [-0.4, -0.2) is 32.8 Å². The average Bonchev–Trinajstić information content (AvgIpc) is 3.28. The number of aromatic nitrogens is 4. The summed E-state index contributed by atoms with van der Waals surface area (Å²) in [5, 5.41) is 10.7. The molecule has 170 valence electrons. The Bertz CT molecular complexity index is 1400. The van der Waals surface area contributed by atoms with Crippen molar-refractivity contribution in [2.24, 2.45) is 0 Å². The second kappa shape index (κ2) is 8.78. The average molecular weight is 456 g/mol. The van der Waals surface area contributed by atoms with Gasteiger partial charge in [0.15, 0.2) is 5.82 Å². The maximum absolute atomic E-state index is 15.0. The van der Waals surface area contributed by atoms with E-state index in [2.05, 4.69) is 25.7 Å². The van der Waals surface area contributed by atoms with Crippen molar-refractivity contribution in [3.05, 3.63) is 95.7 Å². The number of methoxy groups -OCH3 is 1. The molecule has 34 heavy (non-hydrogen) atoms. The molecule has 0 saturated heterocycles. The molecule has 1 aliphatic rings. The van der Waals surface area contributed by atoms with E-state index in [0.717, 1.165) is 5.56 Å². The number of fused-ring (bicyclic) bond motifs is 1. The number of hydrogen-bond acceptors (Lipinski definition) is 6. The second-order valence-electron chi connectivity index (χ2n) is 7.72. The molecule has 1 atom stereocenters. The molecule has 0 radical (unpaired) electrons. The zero-order valence-corrected chi connectivity index (χ0v) is 18.5. The predicted octanol–water partition coefficient (Wildman–Crippen LogP) is 4.42. The van der Waals surface area contributed by atoms with Crippen LogP contribution in [0.3, 0.4) is 0 Å². The van der Waals surface area contributed by atoms with Gasteiger partial charge in [-0.3, -0.25) is 9.78 Å². The van der Waals surface area contributed by atoms with Crippen molar-refractivity contribution >= 4 is 17.5 Å².